The van der Waals surface area contributed by atoms with Crippen molar-refractivity contribution in [1.29, 1.82) is 0 Å². The number of rotatable bonds is 4. The third-order valence-corrected chi connectivity index (χ3v) is 3.81. The first kappa shape index (κ1) is 17.0. The topological polar surface area (TPSA) is 88.5 Å². The number of carboxylic acids is 1. The van der Waals surface area contributed by atoms with Gasteiger partial charge in [0.05, 0.1) is 5.69 Å². The highest BCUT2D eigenvalue weighted by atomic mass is 32.1. The number of anilines is 1. The average molecular weight is 334 g/mol. The number of aromatic carboxylic acids is 1. The van der Waals surface area contributed by atoms with Gasteiger partial charge in [-0.2, -0.15) is 4.37 Å². The predicted molar refractivity (Wildman–Crippen MR) is 88.0 cm³/mol. The van der Waals surface area contributed by atoms with Crippen LogP contribution in [0.15, 0.2) is 30.3 Å². The van der Waals surface area contributed by atoms with Gasteiger partial charge in [-0.05, 0) is 17.1 Å². The van der Waals surface area contributed by atoms with Crippen LogP contribution in [0, 0.1) is 0 Å². The highest BCUT2D eigenvalue weighted by molar-refractivity contribution is 7.11. The number of nitrogens with zero attached hydrogens (tertiary/aromatic N) is 1. The molecule has 0 radical (unpaired) electrons. The quantitative estimate of drug-likeness (QED) is 0.885. The SMILES string of the molecule is CC(C)(C)c1nsc(NC(=O)OCc2ccccc2)c1C(=O)O. The summed E-state index contributed by atoms with van der Waals surface area (Å²) in [6.45, 7) is 5.71. The molecule has 0 aliphatic carbocycles. The Hall–Kier alpha value is -2.41. The molecule has 23 heavy (non-hydrogen) atoms. The summed E-state index contributed by atoms with van der Waals surface area (Å²) in [6.07, 6.45) is -0.708. The lowest BCUT2D eigenvalue weighted by molar-refractivity contribution is 0.0695. The lowest BCUT2D eigenvalue weighted by atomic mass is 9.89. The van der Waals surface area contributed by atoms with E-state index >= 15 is 0 Å². The molecule has 122 valence electrons. The largest absolute Gasteiger partial charge is 0.478 e. The van der Waals surface area contributed by atoms with Gasteiger partial charge in [-0.3, -0.25) is 5.32 Å². The first-order valence-electron chi connectivity index (χ1n) is 7.00. The number of nitrogens with one attached hydrogen (secondary N) is 1. The van der Waals surface area contributed by atoms with E-state index in [1.165, 1.54) is 0 Å². The Balaban J connectivity index is 2.09. The Kier molecular flexibility index (Phi) is 5.00. The molecule has 1 amide bonds. The molecule has 6 nitrogen and oxygen atoms in total. The number of ether oxygens (including phenoxy) is 1. The van der Waals surface area contributed by atoms with E-state index in [4.69, 9.17) is 4.74 Å². The fourth-order valence-corrected chi connectivity index (χ4v) is 2.89. The summed E-state index contributed by atoms with van der Waals surface area (Å²) >= 11 is 0.939. The zero-order chi connectivity index (χ0) is 17.0. The summed E-state index contributed by atoms with van der Waals surface area (Å²) in [5.74, 6) is -1.12. The van der Waals surface area contributed by atoms with Crippen LogP contribution in [0.25, 0.3) is 0 Å². The Morgan fingerprint density at radius 1 is 1.26 bits per heavy atom. The summed E-state index contributed by atoms with van der Waals surface area (Å²) in [4.78, 5) is 23.4. The van der Waals surface area contributed by atoms with Gasteiger partial charge < -0.3 is 9.84 Å². The number of hydrogen-bond acceptors (Lipinski definition) is 5. The van der Waals surface area contributed by atoms with Crippen LogP contribution in [0.1, 0.15) is 42.4 Å². The Bertz CT molecular complexity index is 705. The average Bonchev–Trinajstić information content (AvgIpc) is 2.90. The monoisotopic (exact) mass is 334 g/mol. The van der Waals surface area contributed by atoms with Gasteiger partial charge in [0.15, 0.2) is 0 Å². The van der Waals surface area contributed by atoms with E-state index in [2.05, 4.69) is 9.69 Å². The normalized spacial score (nSPS) is 11.1. The molecule has 0 fully saturated rings. The van der Waals surface area contributed by atoms with Crippen LogP contribution in [-0.4, -0.2) is 21.5 Å². The number of carbonyl (C=O) groups is 2. The summed E-state index contributed by atoms with van der Waals surface area (Å²) in [5, 5.41) is 12.0. The molecule has 2 N–H and O–H groups in total. The van der Waals surface area contributed by atoms with Crippen LogP contribution in [0.3, 0.4) is 0 Å². The van der Waals surface area contributed by atoms with Crippen molar-refractivity contribution in [3.63, 3.8) is 0 Å². The molecule has 0 spiro atoms. The van der Waals surface area contributed by atoms with Crippen molar-refractivity contribution in [1.82, 2.24) is 4.37 Å². The highest BCUT2D eigenvalue weighted by Crippen LogP contribution is 2.33. The van der Waals surface area contributed by atoms with E-state index in [9.17, 15) is 14.7 Å². The lowest BCUT2D eigenvalue weighted by Gasteiger charge is -2.16. The molecule has 0 atom stereocenters. The highest BCUT2D eigenvalue weighted by Gasteiger charge is 2.29. The van der Waals surface area contributed by atoms with Crippen LogP contribution in [0.4, 0.5) is 9.80 Å². The maximum absolute atomic E-state index is 11.9. The van der Waals surface area contributed by atoms with Gasteiger partial charge in [-0.1, -0.05) is 51.1 Å². The molecular formula is C16H18N2O4S. The number of aromatic nitrogens is 1. The molecule has 2 aromatic rings. The zero-order valence-corrected chi connectivity index (χ0v) is 13.9. The van der Waals surface area contributed by atoms with Crippen molar-refractivity contribution in [2.75, 3.05) is 5.32 Å². The molecule has 0 aliphatic heterocycles. The number of carboxylic acid groups (broad SMARTS) is 1. The standard InChI is InChI=1S/C16H18N2O4S/c1-16(2,3)12-11(14(19)20)13(23-18-12)17-15(21)22-9-10-7-5-4-6-8-10/h4-8H,9H2,1-3H3,(H,17,21)(H,19,20). The van der Waals surface area contributed by atoms with E-state index in [-0.39, 0.29) is 17.2 Å². The number of hydrogen-bond donors (Lipinski definition) is 2. The minimum absolute atomic E-state index is 0.0131. The van der Waals surface area contributed by atoms with Gasteiger partial charge in [0.1, 0.15) is 17.2 Å². The van der Waals surface area contributed by atoms with Gasteiger partial charge in [-0.25, -0.2) is 9.59 Å². The molecule has 0 unspecified atom stereocenters. The second kappa shape index (κ2) is 6.78. The van der Waals surface area contributed by atoms with Gasteiger partial charge >= 0.3 is 12.1 Å². The van der Waals surface area contributed by atoms with Gasteiger partial charge in [-0.15, -0.1) is 0 Å². The summed E-state index contributed by atoms with van der Waals surface area (Å²) in [7, 11) is 0. The fourth-order valence-electron chi connectivity index (χ4n) is 1.94. The van der Waals surface area contributed by atoms with Gasteiger partial charge in [0.25, 0.3) is 0 Å². The molecule has 7 heteroatoms. The van der Waals surface area contributed by atoms with Crippen molar-refractivity contribution < 1.29 is 19.4 Å². The van der Waals surface area contributed by atoms with Crippen molar-refractivity contribution >= 4 is 28.6 Å². The predicted octanol–water partition coefficient (Wildman–Crippen LogP) is 3.89. The third kappa shape index (κ3) is 4.29. The molecule has 1 aromatic carbocycles. The molecule has 0 aliphatic rings. The number of carbonyl (C=O) groups excluding carboxylic acids is 1. The molecule has 1 aromatic heterocycles. The fraction of sp³-hybridized carbons (Fsp3) is 0.312. The number of benzene rings is 1. The van der Waals surface area contributed by atoms with Crippen LogP contribution in [0.5, 0.6) is 0 Å². The van der Waals surface area contributed by atoms with E-state index in [1.54, 1.807) is 0 Å². The van der Waals surface area contributed by atoms with Crippen LogP contribution in [-0.2, 0) is 16.8 Å². The second-order valence-electron chi connectivity index (χ2n) is 5.98. The first-order chi connectivity index (χ1) is 10.8. The Morgan fingerprint density at radius 3 is 2.48 bits per heavy atom. The third-order valence-electron chi connectivity index (χ3n) is 3.04. The van der Waals surface area contributed by atoms with E-state index < -0.39 is 17.5 Å². The van der Waals surface area contributed by atoms with Crippen LogP contribution in [0.2, 0.25) is 0 Å². The van der Waals surface area contributed by atoms with Gasteiger partial charge in [0.2, 0.25) is 0 Å². The van der Waals surface area contributed by atoms with E-state index in [1.807, 2.05) is 51.1 Å². The Labute approximate surface area is 138 Å². The minimum Gasteiger partial charge on any atom is -0.478 e. The summed E-state index contributed by atoms with van der Waals surface area (Å²) in [6, 6.07) is 9.23. The van der Waals surface area contributed by atoms with E-state index in [0.29, 0.717) is 5.69 Å². The van der Waals surface area contributed by atoms with Crippen LogP contribution >= 0.6 is 11.5 Å². The number of amides is 1. The first-order valence-corrected chi connectivity index (χ1v) is 7.77. The van der Waals surface area contributed by atoms with E-state index in [0.717, 1.165) is 17.1 Å². The molecular weight excluding hydrogens is 316 g/mol. The zero-order valence-electron chi connectivity index (χ0n) is 13.1. The van der Waals surface area contributed by atoms with Crippen molar-refractivity contribution in [3.8, 4) is 0 Å². The van der Waals surface area contributed by atoms with Crippen molar-refractivity contribution in [3.05, 3.63) is 47.2 Å². The molecule has 0 saturated heterocycles. The van der Waals surface area contributed by atoms with Crippen LogP contribution < -0.4 is 5.32 Å². The molecule has 0 bridgehead atoms. The lowest BCUT2D eigenvalue weighted by Crippen LogP contribution is -2.19. The summed E-state index contributed by atoms with van der Waals surface area (Å²) < 4.78 is 9.27. The minimum atomic E-state index is -1.12. The smallest absolute Gasteiger partial charge is 0.412 e. The summed E-state index contributed by atoms with van der Waals surface area (Å²) in [5.41, 5.74) is 0.867. The molecule has 2 rings (SSSR count). The van der Waals surface area contributed by atoms with Crippen molar-refractivity contribution in [2.24, 2.45) is 0 Å². The second-order valence-corrected chi connectivity index (χ2v) is 6.75. The molecule has 0 saturated carbocycles. The maximum Gasteiger partial charge on any atom is 0.412 e. The maximum atomic E-state index is 11.9. The Morgan fingerprint density at radius 2 is 1.91 bits per heavy atom. The van der Waals surface area contributed by atoms with Crippen molar-refractivity contribution in [2.45, 2.75) is 32.8 Å². The molecule has 1 heterocycles. The van der Waals surface area contributed by atoms with Gasteiger partial charge in [0, 0.05) is 5.41 Å².